The molecule has 0 spiro atoms. The van der Waals surface area contributed by atoms with Crippen molar-refractivity contribution in [2.45, 2.75) is 27.2 Å². The van der Waals surface area contributed by atoms with Crippen molar-refractivity contribution in [1.29, 1.82) is 0 Å². The van der Waals surface area contributed by atoms with Gasteiger partial charge in [-0.2, -0.15) is 0 Å². The van der Waals surface area contributed by atoms with Crippen molar-refractivity contribution in [2.75, 3.05) is 13.1 Å². The van der Waals surface area contributed by atoms with Gasteiger partial charge in [0.15, 0.2) is 5.82 Å². The van der Waals surface area contributed by atoms with E-state index in [4.69, 9.17) is 5.73 Å². The lowest BCUT2D eigenvalue weighted by molar-refractivity contribution is -0.122. The van der Waals surface area contributed by atoms with Crippen LogP contribution in [0.1, 0.15) is 37.8 Å². The first kappa shape index (κ1) is 21.1. The summed E-state index contributed by atoms with van der Waals surface area (Å²) in [5.74, 6) is -0.437. The third-order valence-corrected chi connectivity index (χ3v) is 2.74. The molecule has 1 aromatic heterocycles. The molecule has 9 nitrogen and oxygen atoms in total. The number of nitrogens with zero attached hydrogens (tertiary/aromatic N) is 1. The minimum absolute atomic E-state index is 0.103. The van der Waals surface area contributed by atoms with Gasteiger partial charge in [-0.15, -0.1) is 0 Å². The molecular weight excluding hydrogens is 336 g/mol. The van der Waals surface area contributed by atoms with E-state index in [0.717, 1.165) is 11.4 Å². The van der Waals surface area contributed by atoms with Crippen molar-refractivity contribution in [1.82, 2.24) is 26.1 Å². The molecule has 2 aromatic rings. The van der Waals surface area contributed by atoms with Crippen molar-refractivity contribution in [2.24, 2.45) is 11.7 Å². The predicted octanol–water partition coefficient (Wildman–Crippen LogP) is 0.451. The van der Waals surface area contributed by atoms with Crippen LogP contribution in [0.25, 0.3) is 11.0 Å². The maximum atomic E-state index is 11.9. The van der Waals surface area contributed by atoms with Gasteiger partial charge in [0.05, 0.1) is 17.6 Å². The van der Waals surface area contributed by atoms with Crippen LogP contribution in [0.15, 0.2) is 24.3 Å². The van der Waals surface area contributed by atoms with E-state index in [9.17, 15) is 14.4 Å². The molecule has 0 saturated heterocycles. The highest BCUT2D eigenvalue weighted by atomic mass is 16.2. The Hall–Kier alpha value is -2.94. The van der Waals surface area contributed by atoms with Gasteiger partial charge in [0, 0.05) is 13.0 Å². The number of hydrazine groups is 1. The highest BCUT2D eigenvalue weighted by Gasteiger charge is 2.12. The zero-order valence-corrected chi connectivity index (χ0v) is 15.3. The zero-order valence-electron chi connectivity index (χ0n) is 15.3. The molecule has 0 saturated carbocycles. The number of hydrogen-bond donors (Lipinski definition) is 5. The summed E-state index contributed by atoms with van der Waals surface area (Å²) in [6.45, 7) is 6.50. The third-order valence-electron chi connectivity index (χ3n) is 2.74. The SMILES string of the molecule is CC(C)C.NC(=O)CCNNC(=O)CNC(=O)c1nc2ccccc2[nH]1. The molecule has 1 aromatic carbocycles. The molecule has 0 unspecified atom stereocenters. The Morgan fingerprint density at radius 2 is 1.85 bits per heavy atom. The molecule has 6 N–H and O–H groups in total. The van der Waals surface area contributed by atoms with Crippen LogP contribution in [-0.2, 0) is 9.59 Å². The molecule has 0 aliphatic carbocycles. The van der Waals surface area contributed by atoms with Gasteiger partial charge in [0.2, 0.25) is 5.91 Å². The largest absolute Gasteiger partial charge is 0.370 e. The second-order valence-electron chi connectivity index (χ2n) is 6.21. The number of aromatic amines is 1. The van der Waals surface area contributed by atoms with Gasteiger partial charge in [-0.05, 0) is 18.1 Å². The number of nitrogens with two attached hydrogens (primary N) is 1. The average molecular weight is 362 g/mol. The number of hydrogen-bond acceptors (Lipinski definition) is 5. The maximum absolute atomic E-state index is 11.9. The predicted molar refractivity (Wildman–Crippen MR) is 98.9 cm³/mol. The van der Waals surface area contributed by atoms with Gasteiger partial charge in [0.25, 0.3) is 11.8 Å². The molecule has 142 valence electrons. The Morgan fingerprint density at radius 3 is 2.46 bits per heavy atom. The molecule has 0 fully saturated rings. The standard InChI is InChI=1S/C13H16N6O3.C4H10/c14-10(20)5-6-16-19-11(21)7-15-13(22)12-17-8-3-1-2-4-9(8)18-12;1-4(2)3/h1-4,16H,5-7H2,(H2,14,20)(H,15,22)(H,17,18)(H,19,21);4H,1-3H3. The van der Waals surface area contributed by atoms with Crippen molar-refractivity contribution < 1.29 is 14.4 Å². The summed E-state index contributed by atoms with van der Waals surface area (Å²) in [5.41, 5.74) is 11.2. The van der Waals surface area contributed by atoms with Gasteiger partial charge in [0.1, 0.15) is 0 Å². The lowest BCUT2D eigenvalue weighted by atomic mass is 10.3. The fourth-order valence-corrected chi connectivity index (χ4v) is 1.70. The summed E-state index contributed by atoms with van der Waals surface area (Å²) in [4.78, 5) is 40.8. The highest BCUT2D eigenvalue weighted by molar-refractivity contribution is 5.96. The van der Waals surface area contributed by atoms with Gasteiger partial charge < -0.3 is 16.0 Å². The minimum Gasteiger partial charge on any atom is -0.370 e. The number of carbonyl (C=O) groups excluding carboxylic acids is 3. The monoisotopic (exact) mass is 362 g/mol. The number of amides is 3. The van der Waals surface area contributed by atoms with Crippen LogP contribution >= 0.6 is 0 Å². The van der Waals surface area contributed by atoms with E-state index in [2.05, 4.69) is 46.9 Å². The van der Waals surface area contributed by atoms with E-state index >= 15 is 0 Å². The second-order valence-corrected chi connectivity index (χ2v) is 6.21. The molecule has 26 heavy (non-hydrogen) atoms. The molecule has 9 heteroatoms. The van der Waals surface area contributed by atoms with Gasteiger partial charge in [-0.1, -0.05) is 32.9 Å². The Bertz CT molecular complexity index is 705. The van der Waals surface area contributed by atoms with Crippen LogP contribution in [0, 0.1) is 5.92 Å². The summed E-state index contributed by atoms with van der Waals surface area (Å²) in [7, 11) is 0. The molecule has 2 rings (SSSR count). The Kier molecular flexibility index (Phi) is 8.79. The van der Waals surface area contributed by atoms with Crippen LogP contribution in [0.4, 0.5) is 0 Å². The second kappa shape index (κ2) is 10.8. The van der Waals surface area contributed by atoms with Crippen molar-refractivity contribution in [3.05, 3.63) is 30.1 Å². The van der Waals surface area contributed by atoms with Crippen molar-refractivity contribution in [3.63, 3.8) is 0 Å². The van der Waals surface area contributed by atoms with E-state index in [1.165, 1.54) is 0 Å². The van der Waals surface area contributed by atoms with Gasteiger partial charge in [-0.3, -0.25) is 19.8 Å². The summed E-state index contributed by atoms with van der Waals surface area (Å²) in [5, 5.41) is 2.43. The van der Waals surface area contributed by atoms with Gasteiger partial charge in [-0.25, -0.2) is 10.4 Å². The highest BCUT2D eigenvalue weighted by Crippen LogP contribution is 2.09. The quantitative estimate of drug-likeness (QED) is 0.359. The molecule has 1 heterocycles. The van der Waals surface area contributed by atoms with E-state index in [-0.39, 0.29) is 25.3 Å². The number of imidazole rings is 1. The van der Waals surface area contributed by atoms with Gasteiger partial charge >= 0.3 is 0 Å². The Labute approximate surface area is 152 Å². The first-order valence-corrected chi connectivity index (χ1v) is 8.32. The summed E-state index contributed by atoms with van der Waals surface area (Å²) >= 11 is 0. The maximum Gasteiger partial charge on any atom is 0.287 e. The minimum atomic E-state index is -0.483. The van der Waals surface area contributed by atoms with Crippen molar-refractivity contribution in [3.8, 4) is 0 Å². The summed E-state index contributed by atoms with van der Waals surface area (Å²) < 4.78 is 0. The third kappa shape index (κ3) is 8.25. The van der Waals surface area contributed by atoms with E-state index < -0.39 is 17.7 Å². The van der Waals surface area contributed by atoms with Crippen LogP contribution in [0.3, 0.4) is 0 Å². The molecule has 0 aliphatic rings. The topological polar surface area (TPSA) is 142 Å². The normalized spacial score (nSPS) is 10.2. The molecule has 0 aliphatic heterocycles. The fourth-order valence-electron chi connectivity index (χ4n) is 1.70. The lowest BCUT2D eigenvalue weighted by Gasteiger charge is -2.06. The molecule has 0 atom stereocenters. The molecular formula is C17H26N6O3. The number of fused-ring (bicyclic) bond motifs is 1. The van der Waals surface area contributed by atoms with Crippen LogP contribution in [0.5, 0.6) is 0 Å². The molecule has 3 amide bonds. The Morgan fingerprint density at radius 1 is 1.19 bits per heavy atom. The summed E-state index contributed by atoms with van der Waals surface area (Å²) in [6, 6.07) is 7.22. The zero-order chi connectivity index (χ0) is 19.5. The van der Waals surface area contributed by atoms with Crippen LogP contribution in [-0.4, -0.2) is 40.8 Å². The first-order valence-electron chi connectivity index (χ1n) is 8.32. The van der Waals surface area contributed by atoms with Crippen LogP contribution in [0.2, 0.25) is 0 Å². The number of rotatable bonds is 7. The van der Waals surface area contributed by atoms with Crippen LogP contribution < -0.4 is 21.9 Å². The number of benzene rings is 1. The Balaban J connectivity index is 0.000000765. The average Bonchev–Trinajstić information content (AvgIpc) is 3.00. The number of carbonyl (C=O) groups is 3. The summed E-state index contributed by atoms with van der Waals surface area (Å²) in [6.07, 6.45) is 0.103. The van der Waals surface area contributed by atoms with E-state index in [1.54, 1.807) is 12.1 Å². The smallest absolute Gasteiger partial charge is 0.287 e. The lowest BCUT2D eigenvalue weighted by Crippen LogP contribution is -2.44. The number of primary amides is 1. The first-order chi connectivity index (χ1) is 12.3. The molecule has 0 bridgehead atoms. The number of nitrogens with one attached hydrogen (secondary N) is 4. The number of aromatic nitrogens is 2. The van der Waals surface area contributed by atoms with E-state index in [0.29, 0.717) is 5.52 Å². The fraction of sp³-hybridized carbons (Fsp3) is 0.412. The van der Waals surface area contributed by atoms with E-state index in [1.807, 2.05) is 12.1 Å². The number of H-pyrrole nitrogens is 1. The number of para-hydroxylation sites is 2. The van der Waals surface area contributed by atoms with Crippen molar-refractivity contribution >= 4 is 28.8 Å². The molecule has 0 radical (unpaired) electrons.